The van der Waals surface area contributed by atoms with E-state index in [1.165, 1.54) is 24.4 Å². The summed E-state index contributed by atoms with van der Waals surface area (Å²) >= 11 is 0. The zero-order valence-electron chi connectivity index (χ0n) is 15.4. The topological polar surface area (TPSA) is 81.1 Å². The molecule has 146 valence electrons. The minimum Gasteiger partial charge on any atom is -0.368 e. The molecule has 1 aliphatic carbocycles. The van der Waals surface area contributed by atoms with Gasteiger partial charge in [-0.1, -0.05) is 0 Å². The first kappa shape index (κ1) is 17.5. The van der Waals surface area contributed by atoms with E-state index in [4.69, 9.17) is 5.73 Å². The minimum absolute atomic E-state index is 0.222. The summed E-state index contributed by atoms with van der Waals surface area (Å²) in [6.45, 7) is 0.331. The smallest absolute Gasteiger partial charge is 0.222 e. The van der Waals surface area contributed by atoms with E-state index in [0.717, 1.165) is 29.8 Å². The third kappa shape index (κ3) is 3.49. The van der Waals surface area contributed by atoms with Gasteiger partial charge >= 0.3 is 0 Å². The predicted molar refractivity (Wildman–Crippen MR) is 106 cm³/mol. The van der Waals surface area contributed by atoms with Crippen molar-refractivity contribution in [3.63, 3.8) is 0 Å². The van der Waals surface area contributed by atoms with Crippen molar-refractivity contribution in [2.75, 3.05) is 11.1 Å². The van der Waals surface area contributed by atoms with Crippen molar-refractivity contribution in [3.05, 3.63) is 71.7 Å². The molecule has 3 N–H and O–H groups in total. The normalized spacial score (nSPS) is 13.7. The molecule has 3 aromatic heterocycles. The highest BCUT2D eigenvalue weighted by molar-refractivity contribution is 5.67. The number of nitrogens with zero attached hydrogens (tertiary/aromatic N) is 4. The van der Waals surface area contributed by atoms with Crippen LogP contribution in [0.2, 0.25) is 0 Å². The Balaban J connectivity index is 1.53. The van der Waals surface area contributed by atoms with E-state index >= 15 is 0 Å². The molecule has 0 amide bonds. The summed E-state index contributed by atoms with van der Waals surface area (Å²) in [5.74, 6) is 0.576. The van der Waals surface area contributed by atoms with Crippen LogP contribution in [-0.2, 0) is 6.54 Å². The Morgan fingerprint density at radius 1 is 1.00 bits per heavy atom. The van der Waals surface area contributed by atoms with Crippen molar-refractivity contribution < 1.29 is 8.78 Å². The predicted octanol–water partition coefficient (Wildman–Crippen LogP) is 4.14. The number of fused-ring (bicyclic) bond motifs is 1. The van der Waals surface area contributed by atoms with Gasteiger partial charge in [-0.2, -0.15) is 4.98 Å². The van der Waals surface area contributed by atoms with Crippen LogP contribution in [0.25, 0.3) is 16.9 Å². The molecule has 0 aliphatic heterocycles. The summed E-state index contributed by atoms with van der Waals surface area (Å²) in [4.78, 5) is 13.2. The fourth-order valence-electron chi connectivity index (χ4n) is 3.41. The molecule has 5 rings (SSSR count). The van der Waals surface area contributed by atoms with Crippen LogP contribution in [0.5, 0.6) is 0 Å². The Morgan fingerprint density at radius 3 is 2.52 bits per heavy atom. The van der Waals surface area contributed by atoms with Crippen LogP contribution >= 0.6 is 0 Å². The summed E-state index contributed by atoms with van der Waals surface area (Å²) in [6.07, 6.45) is 3.60. The monoisotopic (exact) mass is 392 g/mol. The molecule has 1 saturated carbocycles. The van der Waals surface area contributed by atoms with Crippen LogP contribution in [0, 0.1) is 11.6 Å². The van der Waals surface area contributed by atoms with Gasteiger partial charge in [-0.3, -0.25) is 4.40 Å². The fourth-order valence-corrected chi connectivity index (χ4v) is 3.41. The van der Waals surface area contributed by atoms with E-state index in [1.807, 2.05) is 6.07 Å². The lowest BCUT2D eigenvalue weighted by molar-refractivity contribution is 0.618. The first-order chi connectivity index (χ1) is 14.1. The van der Waals surface area contributed by atoms with Gasteiger partial charge in [0.15, 0.2) is 0 Å². The summed E-state index contributed by atoms with van der Waals surface area (Å²) in [6, 6.07) is 10.9. The van der Waals surface area contributed by atoms with E-state index in [2.05, 4.69) is 20.3 Å². The van der Waals surface area contributed by atoms with Crippen molar-refractivity contribution in [3.8, 4) is 11.3 Å². The fraction of sp³-hybridized carbons (Fsp3) is 0.190. The highest BCUT2D eigenvalue weighted by Crippen LogP contribution is 2.39. The third-order valence-corrected chi connectivity index (χ3v) is 4.99. The van der Waals surface area contributed by atoms with Gasteiger partial charge in [-0.25, -0.2) is 18.7 Å². The number of aromatic nitrogens is 4. The molecule has 0 bridgehead atoms. The maximum absolute atomic E-state index is 13.9. The van der Waals surface area contributed by atoms with Gasteiger partial charge in [-0.15, -0.1) is 0 Å². The number of pyridine rings is 1. The van der Waals surface area contributed by atoms with E-state index in [9.17, 15) is 8.78 Å². The Hall–Kier alpha value is -3.55. The lowest BCUT2D eigenvalue weighted by atomic mass is 10.1. The van der Waals surface area contributed by atoms with Gasteiger partial charge in [0.25, 0.3) is 0 Å². The van der Waals surface area contributed by atoms with Gasteiger partial charge in [-0.05, 0) is 49.2 Å². The number of rotatable bonds is 5. The van der Waals surface area contributed by atoms with E-state index in [-0.39, 0.29) is 17.6 Å². The third-order valence-electron chi connectivity index (χ3n) is 4.99. The van der Waals surface area contributed by atoms with Crippen LogP contribution in [0.3, 0.4) is 0 Å². The molecule has 0 unspecified atom stereocenters. The van der Waals surface area contributed by atoms with Crippen molar-refractivity contribution in [1.29, 1.82) is 0 Å². The first-order valence-corrected chi connectivity index (χ1v) is 9.37. The van der Waals surface area contributed by atoms with E-state index < -0.39 is 0 Å². The highest BCUT2D eigenvalue weighted by Gasteiger charge is 2.26. The average Bonchev–Trinajstić information content (AvgIpc) is 3.49. The molecule has 29 heavy (non-hydrogen) atoms. The van der Waals surface area contributed by atoms with Crippen LogP contribution in [0.4, 0.5) is 20.5 Å². The quantitative estimate of drug-likeness (QED) is 0.533. The molecule has 1 fully saturated rings. The van der Waals surface area contributed by atoms with Crippen molar-refractivity contribution >= 4 is 17.4 Å². The zero-order valence-corrected chi connectivity index (χ0v) is 15.4. The molecule has 4 aromatic rings. The molecule has 1 aromatic carbocycles. The maximum Gasteiger partial charge on any atom is 0.222 e. The number of nitrogens with two attached hydrogens (primary N) is 1. The Bertz CT molecular complexity index is 1200. The molecule has 0 spiro atoms. The van der Waals surface area contributed by atoms with Gasteiger partial charge < -0.3 is 11.1 Å². The summed E-state index contributed by atoms with van der Waals surface area (Å²) in [5.41, 5.74) is 9.51. The zero-order chi connectivity index (χ0) is 20.0. The summed E-state index contributed by atoms with van der Waals surface area (Å²) < 4.78 is 28.9. The molecular weight excluding hydrogens is 374 g/mol. The molecular formula is C21H18F2N6. The lowest BCUT2D eigenvalue weighted by Crippen LogP contribution is -2.08. The van der Waals surface area contributed by atoms with Gasteiger partial charge in [0.1, 0.15) is 23.1 Å². The highest BCUT2D eigenvalue weighted by atomic mass is 19.1. The maximum atomic E-state index is 13.9. The number of imidazole rings is 1. The number of halogens is 2. The Morgan fingerprint density at radius 2 is 1.76 bits per heavy atom. The first-order valence-electron chi connectivity index (χ1n) is 9.37. The number of nitrogen functional groups attached to an aromatic ring is 1. The Kier molecular flexibility index (Phi) is 4.12. The van der Waals surface area contributed by atoms with Crippen molar-refractivity contribution in [1.82, 2.24) is 19.4 Å². The van der Waals surface area contributed by atoms with Gasteiger partial charge in [0, 0.05) is 23.7 Å². The van der Waals surface area contributed by atoms with Crippen LogP contribution < -0.4 is 11.1 Å². The lowest BCUT2D eigenvalue weighted by Gasteiger charge is -2.10. The number of benzene rings is 1. The standard InChI is InChI=1S/C21H18F2N6/c22-14-5-3-13(4-6-14)20-17(29-11-15(23)7-8-19(29)28-20)10-25-18-9-16(12-1-2-12)26-21(24)27-18/h3-9,11-12H,1-2,10H2,(H3,24,25,26,27). The van der Waals surface area contributed by atoms with E-state index in [0.29, 0.717) is 29.6 Å². The second-order valence-electron chi connectivity index (χ2n) is 7.15. The molecule has 0 radical (unpaired) electrons. The van der Waals surface area contributed by atoms with Crippen molar-refractivity contribution in [2.24, 2.45) is 0 Å². The molecule has 0 atom stereocenters. The second-order valence-corrected chi connectivity index (χ2v) is 7.15. The number of anilines is 2. The van der Waals surface area contributed by atoms with Crippen molar-refractivity contribution in [2.45, 2.75) is 25.3 Å². The number of hydrogen-bond donors (Lipinski definition) is 2. The largest absolute Gasteiger partial charge is 0.368 e. The Labute approximate surface area is 165 Å². The van der Waals surface area contributed by atoms with E-state index in [1.54, 1.807) is 22.6 Å². The molecule has 8 heteroatoms. The number of nitrogens with one attached hydrogen (secondary N) is 1. The van der Waals surface area contributed by atoms with Crippen LogP contribution in [0.1, 0.15) is 30.1 Å². The summed E-state index contributed by atoms with van der Waals surface area (Å²) in [5, 5.41) is 3.26. The molecule has 3 heterocycles. The molecule has 6 nitrogen and oxygen atoms in total. The van der Waals surface area contributed by atoms with Crippen LogP contribution in [0.15, 0.2) is 48.7 Å². The second kappa shape index (κ2) is 6.80. The summed E-state index contributed by atoms with van der Waals surface area (Å²) in [7, 11) is 0. The number of hydrogen-bond acceptors (Lipinski definition) is 5. The molecule has 1 aliphatic rings. The van der Waals surface area contributed by atoms with Gasteiger partial charge in [0.05, 0.1) is 23.6 Å². The minimum atomic E-state index is -0.371. The SMILES string of the molecule is Nc1nc(NCc2c(-c3ccc(F)cc3)nc3ccc(F)cn23)cc(C2CC2)n1. The van der Waals surface area contributed by atoms with Crippen LogP contribution in [-0.4, -0.2) is 19.4 Å². The van der Waals surface area contributed by atoms with Gasteiger partial charge in [0.2, 0.25) is 5.95 Å². The molecule has 0 saturated heterocycles. The average molecular weight is 392 g/mol.